The molecular formula is C21H27FN8. The van der Waals surface area contributed by atoms with Crippen LogP contribution in [0.3, 0.4) is 0 Å². The van der Waals surface area contributed by atoms with Crippen LogP contribution in [0.25, 0.3) is 0 Å². The zero-order valence-electron chi connectivity index (χ0n) is 17.5. The smallest absolute Gasteiger partial charge is 0.227 e. The molecule has 1 saturated heterocycles. The van der Waals surface area contributed by atoms with E-state index < -0.39 is 0 Å². The van der Waals surface area contributed by atoms with Crippen molar-refractivity contribution in [2.75, 3.05) is 42.7 Å². The van der Waals surface area contributed by atoms with E-state index in [1.807, 2.05) is 13.0 Å². The molecule has 0 radical (unpaired) electrons. The van der Waals surface area contributed by atoms with E-state index in [2.05, 4.69) is 61.2 Å². The molecule has 1 fully saturated rings. The van der Waals surface area contributed by atoms with Crippen LogP contribution in [0, 0.1) is 5.82 Å². The van der Waals surface area contributed by atoms with Gasteiger partial charge in [-0.15, -0.1) is 0 Å². The number of halogens is 1. The molecule has 0 saturated carbocycles. The first-order valence-corrected chi connectivity index (χ1v) is 9.67. The SMILES string of the molecule is C=N/C=C\N=C\Nc1cc(N2CC(N(C)C)C2)nc(N[C@@H](C)c2ccc(F)cc2)n1. The minimum atomic E-state index is -0.260. The molecular weight excluding hydrogens is 383 g/mol. The zero-order valence-corrected chi connectivity index (χ0v) is 17.5. The van der Waals surface area contributed by atoms with Crippen molar-refractivity contribution >= 4 is 30.6 Å². The molecule has 2 aromatic rings. The molecule has 0 spiro atoms. The van der Waals surface area contributed by atoms with Crippen molar-refractivity contribution in [1.82, 2.24) is 14.9 Å². The third kappa shape index (κ3) is 5.60. The Morgan fingerprint density at radius 3 is 2.63 bits per heavy atom. The second kappa shape index (κ2) is 9.93. The lowest BCUT2D eigenvalue weighted by Crippen LogP contribution is -2.57. The number of aliphatic imine (C=N–C) groups is 2. The fourth-order valence-corrected chi connectivity index (χ4v) is 2.96. The molecule has 158 valence electrons. The number of hydrogen-bond donors (Lipinski definition) is 2. The van der Waals surface area contributed by atoms with Gasteiger partial charge in [0.1, 0.15) is 17.5 Å². The van der Waals surface area contributed by atoms with Crippen LogP contribution < -0.4 is 15.5 Å². The molecule has 2 N–H and O–H groups in total. The van der Waals surface area contributed by atoms with Gasteiger partial charge in [0, 0.05) is 37.6 Å². The highest BCUT2D eigenvalue weighted by Crippen LogP contribution is 2.26. The molecule has 9 heteroatoms. The summed E-state index contributed by atoms with van der Waals surface area (Å²) in [5.41, 5.74) is 0.945. The van der Waals surface area contributed by atoms with E-state index in [4.69, 9.17) is 0 Å². The van der Waals surface area contributed by atoms with E-state index in [1.54, 1.807) is 12.1 Å². The monoisotopic (exact) mass is 410 g/mol. The minimum Gasteiger partial charge on any atom is -0.353 e. The number of aromatic nitrogens is 2. The van der Waals surface area contributed by atoms with Gasteiger partial charge in [-0.2, -0.15) is 9.97 Å². The van der Waals surface area contributed by atoms with Crippen molar-refractivity contribution in [3.05, 3.63) is 54.1 Å². The topological polar surface area (TPSA) is 81.0 Å². The number of benzene rings is 1. The highest BCUT2D eigenvalue weighted by atomic mass is 19.1. The van der Waals surface area contributed by atoms with Crippen molar-refractivity contribution in [3.8, 4) is 0 Å². The summed E-state index contributed by atoms with van der Waals surface area (Å²) in [4.78, 5) is 21.3. The van der Waals surface area contributed by atoms with Crippen molar-refractivity contribution < 1.29 is 4.39 Å². The number of hydrogen-bond acceptors (Lipinski definition) is 7. The first-order chi connectivity index (χ1) is 14.5. The molecule has 1 aliphatic rings. The van der Waals surface area contributed by atoms with Crippen LogP contribution >= 0.6 is 0 Å². The van der Waals surface area contributed by atoms with Gasteiger partial charge < -0.3 is 20.4 Å². The summed E-state index contributed by atoms with van der Waals surface area (Å²) in [6.45, 7) is 7.15. The molecule has 8 nitrogen and oxygen atoms in total. The summed E-state index contributed by atoms with van der Waals surface area (Å²) >= 11 is 0. The van der Waals surface area contributed by atoms with Gasteiger partial charge in [0.05, 0.1) is 12.4 Å². The molecule has 1 atom stereocenters. The molecule has 30 heavy (non-hydrogen) atoms. The Morgan fingerprint density at radius 1 is 1.23 bits per heavy atom. The Labute approximate surface area is 176 Å². The summed E-state index contributed by atoms with van der Waals surface area (Å²) in [6.07, 6.45) is 4.54. The first kappa shape index (κ1) is 21.4. The van der Waals surface area contributed by atoms with Gasteiger partial charge >= 0.3 is 0 Å². The van der Waals surface area contributed by atoms with Gasteiger partial charge in [-0.25, -0.2) is 9.38 Å². The summed E-state index contributed by atoms with van der Waals surface area (Å²) in [5.74, 6) is 1.67. The Morgan fingerprint density at radius 2 is 1.97 bits per heavy atom. The van der Waals surface area contributed by atoms with Gasteiger partial charge in [0.25, 0.3) is 0 Å². The van der Waals surface area contributed by atoms with Gasteiger partial charge in [-0.05, 0) is 45.4 Å². The third-order valence-electron chi connectivity index (χ3n) is 4.89. The van der Waals surface area contributed by atoms with Crippen LogP contribution in [-0.2, 0) is 0 Å². The van der Waals surface area contributed by atoms with Crippen molar-refractivity contribution in [1.29, 1.82) is 0 Å². The summed E-state index contributed by atoms with van der Waals surface area (Å²) in [7, 11) is 4.16. The molecule has 0 bridgehead atoms. The Balaban J connectivity index is 1.78. The lowest BCUT2D eigenvalue weighted by Gasteiger charge is -2.43. The average Bonchev–Trinajstić information content (AvgIpc) is 2.67. The Hall–Kier alpha value is -3.33. The van der Waals surface area contributed by atoms with Gasteiger partial charge in [0.2, 0.25) is 5.95 Å². The predicted octanol–water partition coefficient (Wildman–Crippen LogP) is 3.15. The van der Waals surface area contributed by atoms with Gasteiger partial charge in [-0.1, -0.05) is 12.1 Å². The molecule has 1 aromatic heterocycles. The van der Waals surface area contributed by atoms with E-state index in [9.17, 15) is 4.39 Å². The second-order valence-electron chi connectivity index (χ2n) is 7.28. The van der Waals surface area contributed by atoms with Crippen LogP contribution in [0.2, 0.25) is 0 Å². The maximum atomic E-state index is 13.2. The van der Waals surface area contributed by atoms with Crippen LogP contribution in [0.5, 0.6) is 0 Å². The Kier molecular flexibility index (Phi) is 7.08. The van der Waals surface area contributed by atoms with E-state index in [1.165, 1.54) is 30.9 Å². The number of rotatable bonds is 9. The lowest BCUT2D eigenvalue weighted by molar-refractivity contribution is 0.246. The van der Waals surface area contributed by atoms with E-state index in [-0.39, 0.29) is 11.9 Å². The molecule has 1 aromatic carbocycles. The van der Waals surface area contributed by atoms with Gasteiger partial charge in [-0.3, -0.25) is 4.99 Å². The maximum absolute atomic E-state index is 13.2. The van der Waals surface area contributed by atoms with Gasteiger partial charge in [0.15, 0.2) is 0 Å². The largest absolute Gasteiger partial charge is 0.353 e. The fraction of sp³-hybridized carbons (Fsp3) is 0.333. The second-order valence-corrected chi connectivity index (χ2v) is 7.28. The summed E-state index contributed by atoms with van der Waals surface area (Å²) in [5, 5.41) is 6.36. The maximum Gasteiger partial charge on any atom is 0.227 e. The molecule has 0 aliphatic carbocycles. The minimum absolute atomic E-state index is 0.0881. The highest BCUT2D eigenvalue weighted by Gasteiger charge is 2.29. The Bertz CT molecular complexity index is 904. The third-order valence-corrected chi connectivity index (χ3v) is 4.89. The fourth-order valence-electron chi connectivity index (χ4n) is 2.96. The number of nitrogens with one attached hydrogen (secondary N) is 2. The number of anilines is 3. The van der Waals surface area contributed by atoms with E-state index >= 15 is 0 Å². The van der Waals surface area contributed by atoms with Crippen LogP contribution in [0.15, 0.2) is 52.7 Å². The summed E-state index contributed by atoms with van der Waals surface area (Å²) < 4.78 is 13.2. The number of likely N-dealkylation sites (N-methyl/N-ethyl adjacent to an activating group) is 1. The van der Waals surface area contributed by atoms with Crippen molar-refractivity contribution in [3.63, 3.8) is 0 Å². The van der Waals surface area contributed by atoms with E-state index in [0.29, 0.717) is 17.8 Å². The van der Waals surface area contributed by atoms with Crippen LogP contribution in [0.1, 0.15) is 18.5 Å². The zero-order chi connectivity index (χ0) is 21.5. The first-order valence-electron chi connectivity index (χ1n) is 9.67. The average molecular weight is 411 g/mol. The molecule has 0 amide bonds. The highest BCUT2D eigenvalue weighted by molar-refractivity contribution is 5.75. The quantitative estimate of drug-likeness (QED) is 0.488. The lowest BCUT2D eigenvalue weighted by atomic mass is 10.1. The van der Waals surface area contributed by atoms with E-state index in [0.717, 1.165) is 24.5 Å². The number of nitrogens with zero attached hydrogens (tertiary/aromatic N) is 6. The van der Waals surface area contributed by atoms with Crippen LogP contribution in [-0.4, -0.2) is 61.2 Å². The molecule has 1 aliphatic heterocycles. The normalized spacial score (nSPS) is 15.6. The standard InChI is InChI=1S/C21H27FN8/c1-15(16-5-7-17(22)8-6-16)26-21-27-19(25-14-24-10-9-23-2)11-20(28-21)30-12-18(13-30)29(3)4/h5-11,14-15,18H,2,12-13H2,1,3-4H3,(H2,24,25,26,27,28)/b10-9-/t15-/m0/s1. The molecule has 0 unspecified atom stereocenters. The molecule has 3 rings (SSSR count). The van der Waals surface area contributed by atoms with Crippen LogP contribution in [0.4, 0.5) is 22.0 Å². The van der Waals surface area contributed by atoms with Crippen molar-refractivity contribution in [2.24, 2.45) is 9.98 Å². The summed E-state index contributed by atoms with van der Waals surface area (Å²) in [6, 6.07) is 8.70. The van der Waals surface area contributed by atoms with Crippen molar-refractivity contribution in [2.45, 2.75) is 19.0 Å². The predicted molar refractivity (Wildman–Crippen MR) is 121 cm³/mol. The molecule has 2 heterocycles.